The molecule has 0 spiro atoms. The minimum absolute atomic E-state index is 0.382. The second-order valence-electron chi connectivity index (χ2n) is 6.16. The molecule has 0 radical (unpaired) electrons. The number of carboxylic acid groups (broad SMARTS) is 1. The van der Waals surface area contributed by atoms with E-state index in [2.05, 4.69) is 0 Å². The van der Waals surface area contributed by atoms with Gasteiger partial charge in [0.15, 0.2) is 5.60 Å². The smallest absolute Gasteiger partial charge is 0.347 e. The lowest BCUT2D eigenvalue weighted by atomic mass is 10.0. The minimum atomic E-state index is -1.38. The number of aliphatic carboxylic acids is 1. The van der Waals surface area contributed by atoms with E-state index in [-0.39, 0.29) is 0 Å². The number of rotatable bonds is 4. The molecule has 2 aromatic carbocycles. The van der Waals surface area contributed by atoms with Crippen LogP contribution in [-0.2, 0) is 11.2 Å². The highest BCUT2D eigenvalue weighted by atomic mass is 16.5. The molecule has 0 aliphatic carbocycles. The van der Waals surface area contributed by atoms with Gasteiger partial charge in [0.05, 0.1) is 5.39 Å². The van der Waals surface area contributed by atoms with Crippen molar-refractivity contribution in [2.75, 3.05) is 0 Å². The fourth-order valence-corrected chi connectivity index (χ4v) is 2.64. The van der Waals surface area contributed by atoms with E-state index in [1.807, 2.05) is 25.1 Å². The van der Waals surface area contributed by atoms with E-state index in [4.69, 9.17) is 9.15 Å². The van der Waals surface area contributed by atoms with E-state index in [1.54, 1.807) is 18.2 Å². The summed E-state index contributed by atoms with van der Waals surface area (Å²) in [5.74, 6) is -0.652. The van der Waals surface area contributed by atoms with Gasteiger partial charge in [-0.3, -0.25) is 0 Å². The number of aryl methyl sites for hydroxylation is 1. The van der Waals surface area contributed by atoms with Crippen molar-refractivity contribution in [2.24, 2.45) is 0 Å². The van der Waals surface area contributed by atoms with E-state index < -0.39 is 17.2 Å². The van der Waals surface area contributed by atoms with Gasteiger partial charge < -0.3 is 14.3 Å². The molecule has 3 rings (SSSR count). The number of hydrogen-bond acceptors (Lipinski definition) is 4. The molecule has 1 aromatic heterocycles. The molecule has 0 unspecified atom stereocenters. The van der Waals surface area contributed by atoms with Gasteiger partial charge in [0, 0.05) is 11.5 Å². The summed E-state index contributed by atoms with van der Waals surface area (Å²) in [6.07, 6.45) is 0.661. The number of carbonyl (C=O) groups is 1. The van der Waals surface area contributed by atoms with Crippen LogP contribution < -0.4 is 10.4 Å². The van der Waals surface area contributed by atoms with E-state index in [1.165, 1.54) is 13.8 Å². The molecule has 0 saturated heterocycles. The van der Waals surface area contributed by atoms with E-state index in [0.29, 0.717) is 23.1 Å². The highest BCUT2D eigenvalue weighted by Crippen LogP contribution is 2.32. The Bertz CT molecular complexity index is 998. The quantitative estimate of drug-likeness (QED) is 0.583. The Morgan fingerprint density at radius 2 is 1.83 bits per heavy atom. The molecule has 24 heavy (non-hydrogen) atoms. The molecule has 1 N–H and O–H groups in total. The zero-order valence-corrected chi connectivity index (χ0v) is 13.8. The second kappa shape index (κ2) is 5.67. The summed E-state index contributed by atoms with van der Waals surface area (Å²) < 4.78 is 11.1. The number of fused-ring (bicyclic) bond motifs is 3. The standard InChI is InChI=1S/C19H18O5/c1-4-11-9-14-12-7-5-6-8-13(12)17(20)23-16(14)10-15(11)24-19(2,3)18(21)22/h5-10H,4H2,1-3H3,(H,21,22). The first-order valence-corrected chi connectivity index (χ1v) is 7.74. The average molecular weight is 326 g/mol. The Hall–Kier alpha value is -2.82. The van der Waals surface area contributed by atoms with Gasteiger partial charge in [-0.15, -0.1) is 0 Å². The van der Waals surface area contributed by atoms with Crippen LogP contribution in [0.5, 0.6) is 5.75 Å². The lowest BCUT2D eigenvalue weighted by Gasteiger charge is -2.23. The molecule has 3 aromatic rings. The van der Waals surface area contributed by atoms with Gasteiger partial charge in [0.25, 0.3) is 0 Å². The van der Waals surface area contributed by atoms with Crippen molar-refractivity contribution in [2.45, 2.75) is 32.8 Å². The lowest BCUT2D eigenvalue weighted by Crippen LogP contribution is -2.38. The average Bonchev–Trinajstić information content (AvgIpc) is 2.54. The number of carboxylic acids is 1. The summed E-state index contributed by atoms with van der Waals surface area (Å²) in [6.45, 7) is 4.92. The SMILES string of the molecule is CCc1cc2c(cc1OC(C)(C)C(=O)O)oc(=O)c1ccccc12. The van der Waals surface area contributed by atoms with Crippen molar-refractivity contribution in [1.82, 2.24) is 0 Å². The molecule has 124 valence electrons. The van der Waals surface area contributed by atoms with Crippen LogP contribution >= 0.6 is 0 Å². The van der Waals surface area contributed by atoms with Crippen LogP contribution in [-0.4, -0.2) is 16.7 Å². The molecule has 0 atom stereocenters. The van der Waals surface area contributed by atoms with Gasteiger partial charge in [-0.05, 0) is 43.4 Å². The van der Waals surface area contributed by atoms with Crippen LogP contribution in [0.15, 0.2) is 45.6 Å². The van der Waals surface area contributed by atoms with E-state index in [0.717, 1.165) is 16.3 Å². The first-order chi connectivity index (χ1) is 11.3. The Kier molecular flexibility index (Phi) is 3.79. The van der Waals surface area contributed by atoms with Crippen molar-refractivity contribution >= 4 is 27.7 Å². The fourth-order valence-electron chi connectivity index (χ4n) is 2.64. The monoisotopic (exact) mass is 326 g/mol. The maximum Gasteiger partial charge on any atom is 0.347 e. The zero-order chi connectivity index (χ0) is 17.5. The van der Waals surface area contributed by atoms with Crippen LogP contribution in [0, 0.1) is 0 Å². The van der Waals surface area contributed by atoms with E-state index >= 15 is 0 Å². The third kappa shape index (κ3) is 2.62. The van der Waals surface area contributed by atoms with Gasteiger partial charge >= 0.3 is 11.6 Å². The van der Waals surface area contributed by atoms with Crippen LogP contribution in [0.1, 0.15) is 26.3 Å². The summed E-state index contributed by atoms with van der Waals surface area (Å²) in [5, 5.41) is 11.4. The van der Waals surface area contributed by atoms with Gasteiger partial charge in [-0.1, -0.05) is 25.1 Å². The van der Waals surface area contributed by atoms with Gasteiger partial charge in [-0.25, -0.2) is 9.59 Å². The Morgan fingerprint density at radius 3 is 2.46 bits per heavy atom. The van der Waals surface area contributed by atoms with Gasteiger partial charge in [0.1, 0.15) is 11.3 Å². The Balaban J connectivity index is 2.28. The highest BCUT2D eigenvalue weighted by molar-refractivity contribution is 6.04. The molecule has 0 amide bonds. The van der Waals surface area contributed by atoms with Crippen LogP contribution in [0.4, 0.5) is 0 Å². The van der Waals surface area contributed by atoms with Crippen molar-refractivity contribution in [1.29, 1.82) is 0 Å². The zero-order valence-electron chi connectivity index (χ0n) is 13.8. The van der Waals surface area contributed by atoms with E-state index in [9.17, 15) is 14.7 Å². The van der Waals surface area contributed by atoms with Crippen molar-refractivity contribution in [3.8, 4) is 5.75 Å². The van der Waals surface area contributed by atoms with Crippen LogP contribution in [0.3, 0.4) is 0 Å². The predicted molar refractivity (Wildman–Crippen MR) is 91.7 cm³/mol. The molecule has 0 aliphatic heterocycles. The maximum atomic E-state index is 12.2. The van der Waals surface area contributed by atoms with Crippen LogP contribution in [0.2, 0.25) is 0 Å². The molecule has 0 aliphatic rings. The topological polar surface area (TPSA) is 76.7 Å². The van der Waals surface area contributed by atoms with Crippen molar-refractivity contribution < 1.29 is 19.1 Å². The molecule has 5 nitrogen and oxygen atoms in total. The molecule has 0 saturated carbocycles. The van der Waals surface area contributed by atoms with Crippen molar-refractivity contribution in [3.63, 3.8) is 0 Å². The normalized spacial score (nSPS) is 11.8. The molecule has 1 heterocycles. The van der Waals surface area contributed by atoms with Crippen molar-refractivity contribution in [3.05, 3.63) is 52.4 Å². The molecule has 5 heteroatoms. The summed E-state index contributed by atoms with van der Waals surface area (Å²) in [5.41, 5.74) is -0.567. The Morgan fingerprint density at radius 1 is 1.17 bits per heavy atom. The third-order valence-corrected chi connectivity index (χ3v) is 4.06. The molecule has 0 fully saturated rings. The highest BCUT2D eigenvalue weighted by Gasteiger charge is 2.30. The maximum absolute atomic E-state index is 12.2. The summed E-state index contributed by atoms with van der Waals surface area (Å²) in [4.78, 5) is 23.5. The summed E-state index contributed by atoms with van der Waals surface area (Å²) in [7, 11) is 0. The minimum Gasteiger partial charge on any atom is -0.478 e. The van der Waals surface area contributed by atoms with Gasteiger partial charge in [0.2, 0.25) is 0 Å². The molecule has 0 bridgehead atoms. The fraction of sp³-hybridized carbons (Fsp3) is 0.263. The third-order valence-electron chi connectivity index (χ3n) is 4.06. The molecular formula is C19H18O5. The van der Waals surface area contributed by atoms with Gasteiger partial charge in [-0.2, -0.15) is 0 Å². The molecular weight excluding hydrogens is 308 g/mol. The Labute approximate surface area is 138 Å². The largest absolute Gasteiger partial charge is 0.478 e. The summed E-state index contributed by atoms with van der Waals surface area (Å²) >= 11 is 0. The number of ether oxygens (including phenoxy) is 1. The van der Waals surface area contributed by atoms with Crippen LogP contribution in [0.25, 0.3) is 21.7 Å². The first kappa shape index (κ1) is 16.1. The first-order valence-electron chi connectivity index (χ1n) is 7.74. The number of hydrogen-bond donors (Lipinski definition) is 1. The lowest BCUT2D eigenvalue weighted by molar-refractivity contribution is -0.152. The predicted octanol–water partition coefficient (Wildman–Crippen LogP) is 3.75. The summed E-state index contributed by atoms with van der Waals surface area (Å²) in [6, 6.07) is 10.8. The number of benzene rings is 2. The second-order valence-corrected chi connectivity index (χ2v) is 6.16.